The molecule has 1 aromatic rings. The molecule has 1 aromatic carbocycles. The van der Waals surface area contributed by atoms with Gasteiger partial charge in [0, 0.05) is 6.42 Å². The quantitative estimate of drug-likeness (QED) is 0.822. The minimum atomic E-state index is -0.793. The van der Waals surface area contributed by atoms with Crippen molar-refractivity contribution in [2.75, 3.05) is 0 Å². The number of hydrogen-bond acceptors (Lipinski definition) is 2. The molecule has 0 atom stereocenters. The van der Waals surface area contributed by atoms with E-state index >= 15 is 0 Å². The normalized spacial score (nSPS) is 13.7. The first-order chi connectivity index (χ1) is 7.25. The Morgan fingerprint density at radius 3 is 3.00 bits per heavy atom. The van der Waals surface area contributed by atoms with Gasteiger partial charge in [-0.2, -0.15) is 0 Å². The Labute approximate surface area is 88.0 Å². The summed E-state index contributed by atoms with van der Waals surface area (Å²) in [6.45, 7) is 0. The second-order valence-electron chi connectivity index (χ2n) is 3.48. The van der Waals surface area contributed by atoms with Gasteiger partial charge in [-0.05, 0) is 24.1 Å². The average molecular weight is 204 g/mol. The monoisotopic (exact) mass is 204 g/mol. The molecule has 3 heteroatoms. The fourth-order valence-corrected chi connectivity index (χ4v) is 1.56. The Hall–Kier alpha value is -1.77. The van der Waals surface area contributed by atoms with E-state index in [-0.39, 0.29) is 6.42 Å². The molecule has 0 saturated carbocycles. The van der Waals surface area contributed by atoms with Crippen molar-refractivity contribution < 1.29 is 14.6 Å². The van der Waals surface area contributed by atoms with Crippen molar-refractivity contribution in [3.05, 3.63) is 41.7 Å². The molecule has 3 nitrogen and oxygen atoms in total. The second-order valence-corrected chi connectivity index (χ2v) is 3.48. The Kier molecular flexibility index (Phi) is 2.72. The SMILES string of the molecule is O=C(O)CCC1=CCc2ccccc2O1. The van der Waals surface area contributed by atoms with Crippen molar-refractivity contribution >= 4 is 5.97 Å². The van der Waals surface area contributed by atoms with Gasteiger partial charge in [0.05, 0.1) is 6.42 Å². The summed E-state index contributed by atoms with van der Waals surface area (Å²) in [6, 6.07) is 7.81. The minimum absolute atomic E-state index is 0.119. The summed E-state index contributed by atoms with van der Waals surface area (Å²) in [5, 5.41) is 8.56. The van der Waals surface area contributed by atoms with Crippen LogP contribution in [0.15, 0.2) is 36.1 Å². The Morgan fingerprint density at radius 2 is 2.20 bits per heavy atom. The average Bonchev–Trinajstić information content (AvgIpc) is 2.26. The van der Waals surface area contributed by atoms with Gasteiger partial charge in [-0.15, -0.1) is 0 Å². The van der Waals surface area contributed by atoms with Crippen LogP contribution in [0.2, 0.25) is 0 Å². The summed E-state index contributed by atoms with van der Waals surface area (Å²) in [5.41, 5.74) is 1.15. The molecule has 0 amide bonds. The number of benzene rings is 1. The zero-order valence-corrected chi connectivity index (χ0v) is 8.27. The molecule has 0 aromatic heterocycles. The highest BCUT2D eigenvalue weighted by Crippen LogP contribution is 2.27. The minimum Gasteiger partial charge on any atom is -0.481 e. The van der Waals surface area contributed by atoms with Crippen LogP contribution in [0.3, 0.4) is 0 Å². The van der Waals surface area contributed by atoms with Gasteiger partial charge < -0.3 is 9.84 Å². The largest absolute Gasteiger partial charge is 0.481 e. The molecule has 0 saturated heterocycles. The first-order valence-electron chi connectivity index (χ1n) is 4.92. The van der Waals surface area contributed by atoms with Crippen LogP contribution < -0.4 is 4.74 Å². The summed E-state index contributed by atoms with van der Waals surface area (Å²) >= 11 is 0. The molecule has 1 heterocycles. The highest BCUT2D eigenvalue weighted by molar-refractivity contribution is 5.67. The lowest BCUT2D eigenvalue weighted by molar-refractivity contribution is -0.137. The van der Waals surface area contributed by atoms with E-state index in [4.69, 9.17) is 9.84 Å². The van der Waals surface area contributed by atoms with Gasteiger partial charge in [0.25, 0.3) is 0 Å². The Bertz CT molecular complexity index is 407. The number of carboxylic acids is 1. The van der Waals surface area contributed by atoms with Crippen LogP contribution in [0.4, 0.5) is 0 Å². The lowest BCUT2D eigenvalue weighted by atomic mass is 10.1. The maximum atomic E-state index is 10.4. The predicted octanol–water partition coefficient (Wildman–Crippen LogP) is 2.37. The van der Waals surface area contributed by atoms with E-state index in [9.17, 15) is 4.79 Å². The van der Waals surface area contributed by atoms with Crippen LogP contribution in [0.1, 0.15) is 18.4 Å². The highest BCUT2D eigenvalue weighted by atomic mass is 16.5. The summed E-state index contributed by atoms with van der Waals surface area (Å²) in [7, 11) is 0. The third kappa shape index (κ3) is 2.37. The first kappa shape index (κ1) is 9.77. The lowest BCUT2D eigenvalue weighted by Crippen LogP contribution is -2.06. The van der Waals surface area contributed by atoms with Crippen molar-refractivity contribution in [2.45, 2.75) is 19.3 Å². The fourth-order valence-electron chi connectivity index (χ4n) is 1.56. The van der Waals surface area contributed by atoms with E-state index in [1.54, 1.807) is 0 Å². The van der Waals surface area contributed by atoms with Crippen LogP contribution in [0.5, 0.6) is 5.75 Å². The smallest absolute Gasteiger partial charge is 0.303 e. The van der Waals surface area contributed by atoms with Gasteiger partial charge in [-0.3, -0.25) is 4.79 Å². The Morgan fingerprint density at radius 1 is 1.40 bits per heavy atom. The van der Waals surface area contributed by atoms with Gasteiger partial charge in [0.2, 0.25) is 0 Å². The molecule has 0 unspecified atom stereocenters. The molecule has 0 bridgehead atoms. The highest BCUT2D eigenvalue weighted by Gasteiger charge is 2.12. The summed E-state index contributed by atoms with van der Waals surface area (Å²) in [4.78, 5) is 10.4. The molecule has 1 aliphatic heterocycles. The van der Waals surface area contributed by atoms with E-state index in [1.165, 1.54) is 0 Å². The number of para-hydroxylation sites is 1. The van der Waals surface area contributed by atoms with E-state index in [1.807, 2.05) is 30.3 Å². The third-order valence-electron chi connectivity index (χ3n) is 2.35. The first-order valence-corrected chi connectivity index (χ1v) is 4.92. The molecule has 1 aliphatic rings. The molecule has 15 heavy (non-hydrogen) atoms. The summed E-state index contributed by atoms with van der Waals surface area (Å²) in [6.07, 6.45) is 3.36. The molecule has 1 N–H and O–H groups in total. The Balaban J connectivity index is 2.03. The van der Waals surface area contributed by atoms with Gasteiger partial charge in [-0.1, -0.05) is 18.2 Å². The molecule has 0 spiro atoms. The predicted molar refractivity (Wildman–Crippen MR) is 55.7 cm³/mol. The van der Waals surface area contributed by atoms with Crippen LogP contribution in [0, 0.1) is 0 Å². The van der Waals surface area contributed by atoms with Crippen molar-refractivity contribution in [1.29, 1.82) is 0 Å². The maximum Gasteiger partial charge on any atom is 0.303 e. The topological polar surface area (TPSA) is 46.5 Å². The van der Waals surface area contributed by atoms with Crippen molar-refractivity contribution in [2.24, 2.45) is 0 Å². The van der Waals surface area contributed by atoms with E-state index in [0.29, 0.717) is 6.42 Å². The fraction of sp³-hybridized carbons (Fsp3) is 0.250. The number of ether oxygens (including phenoxy) is 1. The summed E-state index contributed by atoms with van der Waals surface area (Å²) in [5.74, 6) is 0.815. The number of aliphatic carboxylic acids is 1. The van der Waals surface area contributed by atoms with Crippen LogP contribution in [-0.2, 0) is 11.2 Å². The number of carbonyl (C=O) groups is 1. The number of fused-ring (bicyclic) bond motifs is 1. The molecule has 78 valence electrons. The van der Waals surface area contributed by atoms with Gasteiger partial charge in [0.15, 0.2) is 0 Å². The zero-order valence-electron chi connectivity index (χ0n) is 8.27. The van der Waals surface area contributed by atoms with Crippen molar-refractivity contribution in [3.63, 3.8) is 0 Å². The number of allylic oxidation sites excluding steroid dienone is 2. The van der Waals surface area contributed by atoms with Gasteiger partial charge >= 0.3 is 5.97 Å². The molecule has 2 rings (SSSR count). The van der Waals surface area contributed by atoms with Gasteiger partial charge in [-0.25, -0.2) is 0 Å². The number of hydrogen-bond donors (Lipinski definition) is 1. The number of carboxylic acid groups (broad SMARTS) is 1. The van der Waals surface area contributed by atoms with E-state index in [0.717, 1.165) is 23.5 Å². The maximum absolute atomic E-state index is 10.4. The molecule has 0 fully saturated rings. The second kappa shape index (κ2) is 4.17. The molecular formula is C12H12O3. The standard InChI is InChI=1S/C12H12O3/c13-12(14)8-7-10-6-5-9-3-1-2-4-11(9)15-10/h1-4,6H,5,7-8H2,(H,13,14). The van der Waals surface area contributed by atoms with Gasteiger partial charge in [0.1, 0.15) is 11.5 Å². The van der Waals surface area contributed by atoms with E-state index in [2.05, 4.69) is 0 Å². The molecule has 0 aliphatic carbocycles. The summed E-state index contributed by atoms with van der Waals surface area (Å²) < 4.78 is 5.58. The van der Waals surface area contributed by atoms with E-state index < -0.39 is 5.97 Å². The third-order valence-corrected chi connectivity index (χ3v) is 2.35. The lowest BCUT2D eigenvalue weighted by Gasteiger charge is -2.17. The van der Waals surface area contributed by atoms with Crippen LogP contribution >= 0.6 is 0 Å². The van der Waals surface area contributed by atoms with Crippen LogP contribution in [0.25, 0.3) is 0 Å². The molecule has 0 radical (unpaired) electrons. The van der Waals surface area contributed by atoms with Crippen LogP contribution in [-0.4, -0.2) is 11.1 Å². The molecular weight excluding hydrogens is 192 g/mol. The number of rotatable bonds is 3. The zero-order chi connectivity index (χ0) is 10.7. The van der Waals surface area contributed by atoms with Crippen molar-refractivity contribution in [3.8, 4) is 5.75 Å². The van der Waals surface area contributed by atoms with Crippen molar-refractivity contribution in [1.82, 2.24) is 0 Å².